The number of anilines is 1. The number of halogens is 2. The molecule has 1 saturated heterocycles. The lowest BCUT2D eigenvalue weighted by atomic mass is 9.85. The van der Waals surface area contributed by atoms with Crippen molar-refractivity contribution < 1.29 is 13.6 Å². The molecule has 0 aromatic carbocycles. The van der Waals surface area contributed by atoms with Gasteiger partial charge in [0.2, 0.25) is 11.8 Å². The molecule has 0 N–H and O–H groups in total. The molecule has 2 heterocycles. The van der Waals surface area contributed by atoms with Gasteiger partial charge in [0.25, 0.3) is 0 Å². The van der Waals surface area contributed by atoms with Crippen molar-refractivity contribution in [1.82, 2.24) is 9.88 Å². The number of alkyl halides is 2. The second-order valence-electron chi connectivity index (χ2n) is 7.01. The minimum atomic E-state index is -2.59. The summed E-state index contributed by atoms with van der Waals surface area (Å²) < 4.78 is 26.6. The summed E-state index contributed by atoms with van der Waals surface area (Å²) >= 11 is 0. The zero-order chi connectivity index (χ0) is 17.2. The van der Waals surface area contributed by atoms with Crippen molar-refractivity contribution in [2.45, 2.75) is 50.5 Å². The van der Waals surface area contributed by atoms with Gasteiger partial charge in [-0.15, -0.1) is 0 Å². The summed E-state index contributed by atoms with van der Waals surface area (Å²) in [6.45, 7) is 1.69. The number of likely N-dealkylation sites (N-methyl/N-ethyl adjacent to an activating group) is 1. The predicted molar refractivity (Wildman–Crippen MR) is 89.1 cm³/mol. The van der Waals surface area contributed by atoms with Crippen LogP contribution >= 0.6 is 0 Å². The lowest BCUT2D eigenvalue weighted by molar-refractivity contribution is -0.140. The van der Waals surface area contributed by atoms with E-state index >= 15 is 0 Å². The summed E-state index contributed by atoms with van der Waals surface area (Å²) in [5, 5.41) is 0. The maximum atomic E-state index is 13.3. The second-order valence-corrected chi connectivity index (χ2v) is 7.01. The van der Waals surface area contributed by atoms with E-state index in [2.05, 4.69) is 9.88 Å². The van der Waals surface area contributed by atoms with Crippen LogP contribution < -0.4 is 4.90 Å². The maximum absolute atomic E-state index is 13.3. The normalized spacial score (nSPS) is 24.6. The third kappa shape index (κ3) is 3.84. The van der Waals surface area contributed by atoms with Crippen LogP contribution in [0.15, 0.2) is 24.4 Å². The molecular formula is C18H25F2N3O. The molecule has 0 bridgehead atoms. The Hall–Kier alpha value is -1.72. The Morgan fingerprint density at radius 1 is 1.29 bits per heavy atom. The molecule has 1 saturated carbocycles. The van der Waals surface area contributed by atoms with Crippen LogP contribution in [-0.4, -0.2) is 47.9 Å². The molecule has 0 unspecified atom stereocenters. The maximum Gasteiger partial charge on any atom is 0.248 e. The number of hydrogen-bond donors (Lipinski definition) is 0. The molecule has 1 aromatic rings. The first kappa shape index (κ1) is 17.1. The van der Waals surface area contributed by atoms with Crippen LogP contribution in [0.4, 0.5) is 14.6 Å². The SMILES string of the molecule is CN(C(=O)C1CCC(F)(F)CC1)[C@@H]1CCCN(c2ccccn2)C1. The number of rotatable bonds is 3. The summed E-state index contributed by atoms with van der Waals surface area (Å²) in [5.74, 6) is -1.88. The average Bonchev–Trinajstić information content (AvgIpc) is 2.61. The highest BCUT2D eigenvalue weighted by molar-refractivity contribution is 5.79. The van der Waals surface area contributed by atoms with Crippen LogP contribution in [0.5, 0.6) is 0 Å². The van der Waals surface area contributed by atoms with E-state index < -0.39 is 5.92 Å². The number of pyridine rings is 1. The molecular weight excluding hydrogens is 312 g/mol. The van der Waals surface area contributed by atoms with Crippen molar-refractivity contribution in [3.05, 3.63) is 24.4 Å². The number of piperidine rings is 1. The van der Waals surface area contributed by atoms with Gasteiger partial charge in [0.1, 0.15) is 5.82 Å². The van der Waals surface area contributed by atoms with Crippen molar-refractivity contribution in [1.29, 1.82) is 0 Å². The quantitative estimate of drug-likeness (QED) is 0.849. The Bertz CT molecular complexity index is 557. The number of hydrogen-bond acceptors (Lipinski definition) is 3. The van der Waals surface area contributed by atoms with Crippen LogP contribution in [0.25, 0.3) is 0 Å². The standard InChI is InChI=1S/C18H25F2N3O/c1-22(17(24)14-7-9-18(19,20)10-8-14)15-5-4-12-23(13-15)16-6-2-3-11-21-16/h2-3,6,11,14-15H,4-5,7-10,12-13H2,1H3/t15-/m1/s1. The van der Waals surface area contributed by atoms with Crippen LogP contribution in [0, 0.1) is 5.92 Å². The summed E-state index contributed by atoms with van der Waals surface area (Å²) in [7, 11) is 1.82. The van der Waals surface area contributed by atoms with E-state index in [1.165, 1.54) is 0 Å². The van der Waals surface area contributed by atoms with E-state index in [0.29, 0.717) is 12.8 Å². The molecule has 1 amide bonds. The van der Waals surface area contributed by atoms with Gasteiger partial charge in [-0.05, 0) is 37.8 Å². The fraction of sp³-hybridized carbons (Fsp3) is 0.667. The molecule has 0 spiro atoms. The average molecular weight is 337 g/mol. The van der Waals surface area contributed by atoms with Gasteiger partial charge >= 0.3 is 0 Å². The van der Waals surface area contributed by atoms with E-state index in [1.54, 1.807) is 11.1 Å². The van der Waals surface area contributed by atoms with Crippen molar-refractivity contribution in [3.8, 4) is 0 Å². The second kappa shape index (κ2) is 7.03. The predicted octanol–water partition coefficient (Wildman–Crippen LogP) is 3.33. The van der Waals surface area contributed by atoms with Crippen LogP contribution in [0.2, 0.25) is 0 Å². The minimum absolute atomic E-state index is 0.0263. The highest BCUT2D eigenvalue weighted by Crippen LogP contribution is 2.37. The fourth-order valence-electron chi connectivity index (χ4n) is 3.77. The number of aromatic nitrogens is 1. The van der Waals surface area contributed by atoms with E-state index in [-0.39, 0.29) is 30.7 Å². The summed E-state index contributed by atoms with van der Waals surface area (Å²) in [4.78, 5) is 21.1. The molecule has 4 nitrogen and oxygen atoms in total. The van der Waals surface area contributed by atoms with Gasteiger partial charge in [-0.1, -0.05) is 6.07 Å². The Morgan fingerprint density at radius 2 is 2.04 bits per heavy atom. The summed E-state index contributed by atoms with van der Waals surface area (Å²) in [6.07, 6.45) is 4.00. The number of amides is 1. The number of carbonyl (C=O) groups is 1. The van der Waals surface area contributed by atoms with E-state index in [0.717, 1.165) is 31.7 Å². The smallest absolute Gasteiger partial charge is 0.248 e. The number of carbonyl (C=O) groups excluding carboxylic acids is 1. The largest absolute Gasteiger partial charge is 0.355 e. The Morgan fingerprint density at radius 3 is 2.71 bits per heavy atom. The zero-order valence-corrected chi connectivity index (χ0v) is 14.1. The lowest BCUT2D eigenvalue weighted by Crippen LogP contribution is -2.50. The Balaban J connectivity index is 1.60. The molecule has 1 aromatic heterocycles. The first-order valence-electron chi connectivity index (χ1n) is 8.77. The minimum Gasteiger partial charge on any atom is -0.355 e. The third-order valence-corrected chi connectivity index (χ3v) is 5.33. The first-order valence-corrected chi connectivity index (χ1v) is 8.77. The van der Waals surface area contributed by atoms with Crippen LogP contribution in [0.1, 0.15) is 38.5 Å². The van der Waals surface area contributed by atoms with Crippen molar-refractivity contribution in [2.24, 2.45) is 5.92 Å². The first-order chi connectivity index (χ1) is 11.5. The molecule has 1 aliphatic heterocycles. The van der Waals surface area contributed by atoms with Gasteiger partial charge in [-0.3, -0.25) is 4.79 Å². The summed E-state index contributed by atoms with van der Waals surface area (Å²) in [5.41, 5.74) is 0. The van der Waals surface area contributed by atoms with Gasteiger partial charge in [-0.25, -0.2) is 13.8 Å². The topological polar surface area (TPSA) is 36.4 Å². The zero-order valence-electron chi connectivity index (χ0n) is 14.1. The fourth-order valence-corrected chi connectivity index (χ4v) is 3.77. The van der Waals surface area contributed by atoms with Gasteiger partial charge in [0.15, 0.2) is 0 Å². The molecule has 132 valence electrons. The van der Waals surface area contributed by atoms with Gasteiger partial charge in [0.05, 0.1) is 0 Å². The Labute approximate surface area is 141 Å². The van der Waals surface area contributed by atoms with Crippen molar-refractivity contribution >= 4 is 11.7 Å². The highest BCUT2D eigenvalue weighted by Gasteiger charge is 2.39. The molecule has 2 fully saturated rings. The molecule has 3 rings (SSSR count). The van der Waals surface area contributed by atoms with E-state index in [9.17, 15) is 13.6 Å². The van der Waals surface area contributed by atoms with Crippen molar-refractivity contribution in [3.63, 3.8) is 0 Å². The molecule has 24 heavy (non-hydrogen) atoms. The van der Waals surface area contributed by atoms with Gasteiger partial charge in [0, 0.05) is 51.1 Å². The molecule has 1 atom stereocenters. The lowest BCUT2D eigenvalue weighted by Gasteiger charge is -2.40. The Kier molecular flexibility index (Phi) is 5.01. The van der Waals surface area contributed by atoms with Gasteiger partial charge in [-0.2, -0.15) is 0 Å². The molecule has 2 aliphatic rings. The van der Waals surface area contributed by atoms with Crippen LogP contribution in [-0.2, 0) is 4.79 Å². The van der Waals surface area contributed by atoms with Crippen molar-refractivity contribution in [2.75, 3.05) is 25.0 Å². The van der Waals surface area contributed by atoms with E-state index in [1.807, 2.05) is 25.2 Å². The number of nitrogens with zero attached hydrogens (tertiary/aromatic N) is 3. The van der Waals surface area contributed by atoms with Crippen LogP contribution in [0.3, 0.4) is 0 Å². The third-order valence-electron chi connectivity index (χ3n) is 5.33. The highest BCUT2D eigenvalue weighted by atomic mass is 19.3. The molecule has 0 radical (unpaired) electrons. The monoisotopic (exact) mass is 337 g/mol. The van der Waals surface area contributed by atoms with E-state index in [4.69, 9.17) is 0 Å². The molecule has 6 heteroatoms. The molecule has 1 aliphatic carbocycles. The van der Waals surface area contributed by atoms with Gasteiger partial charge < -0.3 is 9.80 Å². The summed E-state index contributed by atoms with van der Waals surface area (Å²) in [6, 6.07) is 5.95.